The smallest absolute Gasteiger partial charge is 0.0120 e. The molecule has 2 aromatic carbocycles. The third kappa shape index (κ3) is 2.02. The average Bonchev–Trinajstić information content (AvgIpc) is 2.28. The summed E-state index contributed by atoms with van der Waals surface area (Å²) >= 11 is 0. The lowest BCUT2D eigenvalue weighted by atomic mass is 9.95. The highest BCUT2D eigenvalue weighted by atomic mass is 31.0. The second-order valence-corrected chi connectivity index (χ2v) is 5.10. The highest BCUT2D eigenvalue weighted by Gasteiger charge is 2.07. The summed E-state index contributed by atoms with van der Waals surface area (Å²) in [5, 5.41) is 2.83. The minimum atomic E-state index is 1.03. The van der Waals surface area contributed by atoms with Crippen LogP contribution in [-0.2, 0) is 12.3 Å². The molecule has 0 saturated carbocycles. The molecule has 0 radical (unpaired) electrons. The van der Waals surface area contributed by atoms with Crippen molar-refractivity contribution in [2.24, 2.45) is 0 Å². The van der Waals surface area contributed by atoms with Gasteiger partial charge in [-0.25, -0.2) is 0 Å². The first-order valence-corrected chi connectivity index (χ1v) is 7.22. The average molecular weight is 248 g/mol. The molecule has 2 aromatic rings. The first-order valence-electron chi connectivity index (χ1n) is 5.59. The van der Waals surface area contributed by atoms with Gasteiger partial charge in [-0.05, 0) is 53.6 Å². The monoisotopic (exact) mass is 248 g/mol. The van der Waals surface area contributed by atoms with Crippen molar-refractivity contribution in [1.82, 2.24) is 0 Å². The van der Waals surface area contributed by atoms with Gasteiger partial charge in [0.25, 0.3) is 0 Å². The van der Waals surface area contributed by atoms with E-state index in [1.54, 1.807) is 0 Å². The Morgan fingerprint density at radius 3 is 2.31 bits per heavy atom. The summed E-state index contributed by atoms with van der Waals surface area (Å²) in [6.07, 6.45) is 2.06. The largest absolute Gasteiger partial charge is 0.133 e. The molecule has 0 aliphatic heterocycles. The number of rotatable bonds is 2. The van der Waals surface area contributed by atoms with Crippen molar-refractivity contribution in [2.75, 3.05) is 0 Å². The van der Waals surface area contributed by atoms with E-state index >= 15 is 0 Å². The number of hydrogen-bond acceptors (Lipinski definition) is 0. The molecule has 0 nitrogen and oxygen atoms in total. The van der Waals surface area contributed by atoms with Crippen molar-refractivity contribution in [1.29, 1.82) is 0 Å². The van der Waals surface area contributed by atoms with E-state index in [0.29, 0.717) is 0 Å². The van der Waals surface area contributed by atoms with Crippen molar-refractivity contribution in [2.45, 2.75) is 26.2 Å². The van der Waals surface area contributed by atoms with Gasteiger partial charge in [-0.2, -0.15) is 0 Å². The quantitative estimate of drug-likeness (QED) is 0.698. The lowest BCUT2D eigenvalue weighted by molar-refractivity contribution is 1.30. The van der Waals surface area contributed by atoms with Crippen LogP contribution < -0.4 is 0 Å². The van der Waals surface area contributed by atoms with E-state index in [2.05, 4.69) is 56.6 Å². The Labute approximate surface area is 102 Å². The summed E-state index contributed by atoms with van der Waals surface area (Å²) in [7, 11) is 5.67. The summed E-state index contributed by atoms with van der Waals surface area (Å²) in [6.45, 7) is 4.37. The Hall–Kier alpha value is -0.440. The zero-order valence-electron chi connectivity index (χ0n) is 9.88. The van der Waals surface area contributed by atoms with Gasteiger partial charge in [-0.3, -0.25) is 0 Å². The van der Waals surface area contributed by atoms with E-state index in [1.807, 2.05) is 0 Å². The highest BCUT2D eigenvalue weighted by molar-refractivity contribution is 7.15. The molecule has 0 aliphatic rings. The summed E-state index contributed by atoms with van der Waals surface area (Å²) in [5.74, 6) is 0. The Morgan fingerprint density at radius 1 is 0.938 bits per heavy atom. The molecule has 2 rings (SSSR count). The second-order valence-electron chi connectivity index (χ2n) is 4.29. The number of benzene rings is 2. The molecule has 2 heteroatoms. The maximum absolute atomic E-state index is 2.84. The zero-order valence-corrected chi connectivity index (χ0v) is 12.2. The van der Waals surface area contributed by atoms with E-state index in [0.717, 1.165) is 12.3 Å². The molecule has 84 valence electrons. The maximum Gasteiger partial charge on any atom is -0.0120 e. The first-order chi connectivity index (χ1) is 7.67. The second kappa shape index (κ2) is 4.82. The van der Waals surface area contributed by atoms with Crippen molar-refractivity contribution in [3.8, 4) is 0 Å². The van der Waals surface area contributed by atoms with Crippen LogP contribution in [0.25, 0.3) is 10.8 Å². The van der Waals surface area contributed by atoms with Crippen molar-refractivity contribution >= 4 is 29.3 Å². The third-order valence-corrected chi connectivity index (χ3v) is 3.98. The van der Waals surface area contributed by atoms with Crippen molar-refractivity contribution in [3.05, 3.63) is 46.5 Å². The van der Waals surface area contributed by atoms with Crippen LogP contribution in [0.5, 0.6) is 0 Å². The zero-order chi connectivity index (χ0) is 11.7. The number of fused-ring (bicyclic) bond motifs is 1. The fourth-order valence-electron chi connectivity index (χ4n) is 2.27. The molecule has 0 saturated heterocycles. The van der Waals surface area contributed by atoms with Gasteiger partial charge in [0.1, 0.15) is 0 Å². The lowest BCUT2D eigenvalue weighted by Gasteiger charge is -2.13. The van der Waals surface area contributed by atoms with Gasteiger partial charge in [0.15, 0.2) is 0 Å². The molecule has 0 heterocycles. The van der Waals surface area contributed by atoms with Gasteiger partial charge in [0.2, 0.25) is 0 Å². The van der Waals surface area contributed by atoms with Crippen molar-refractivity contribution in [3.63, 3.8) is 0 Å². The van der Waals surface area contributed by atoms with Crippen LogP contribution in [0.3, 0.4) is 0 Å². The Morgan fingerprint density at radius 2 is 1.69 bits per heavy atom. The Bertz CT molecular complexity index is 530. The Kier molecular flexibility index (Phi) is 3.63. The number of aryl methyl sites for hydroxylation is 2. The molecule has 0 aromatic heterocycles. The topological polar surface area (TPSA) is 0 Å². The Balaban J connectivity index is 2.87. The number of hydrogen-bond donors (Lipinski definition) is 0. The molecule has 2 unspecified atom stereocenters. The lowest BCUT2D eigenvalue weighted by Crippen LogP contribution is -1.92. The first kappa shape index (κ1) is 12.0. The minimum absolute atomic E-state index is 1.03. The summed E-state index contributed by atoms with van der Waals surface area (Å²) in [4.78, 5) is 0. The molecular weight excluding hydrogens is 230 g/mol. The van der Waals surface area contributed by atoms with Crippen LogP contribution in [0, 0.1) is 13.8 Å². The molecule has 0 N–H and O–H groups in total. The molecule has 0 bridgehead atoms. The maximum atomic E-state index is 2.84. The van der Waals surface area contributed by atoms with Gasteiger partial charge in [-0.1, -0.05) is 29.8 Å². The summed E-state index contributed by atoms with van der Waals surface area (Å²) < 4.78 is 0. The van der Waals surface area contributed by atoms with E-state index in [-0.39, 0.29) is 0 Å². The molecule has 0 spiro atoms. The van der Waals surface area contributed by atoms with Crippen LogP contribution in [0.1, 0.15) is 22.3 Å². The van der Waals surface area contributed by atoms with E-state index < -0.39 is 0 Å². The van der Waals surface area contributed by atoms with Crippen LogP contribution in [0.15, 0.2) is 24.3 Å². The van der Waals surface area contributed by atoms with Gasteiger partial charge in [0, 0.05) is 0 Å². The normalized spacial score (nSPS) is 11.0. The van der Waals surface area contributed by atoms with Crippen LogP contribution in [0.2, 0.25) is 0 Å². The van der Waals surface area contributed by atoms with Crippen LogP contribution in [-0.4, -0.2) is 0 Å². The molecule has 2 atom stereocenters. The molecule has 0 fully saturated rings. The SMILES string of the molecule is Cc1ccc2c(CP)c(C)cc(CP)c2c1. The van der Waals surface area contributed by atoms with Crippen molar-refractivity contribution < 1.29 is 0 Å². The van der Waals surface area contributed by atoms with Gasteiger partial charge >= 0.3 is 0 Å². The summed E-state index contributed by atoms with van der Waals surface area (Å²) in [6, 6.07) is 9.10. The molecular formula is C14H18P2. The van der Waals surface area contributed by atoms with Crippen LogP contribution >= 0.6 is 18.5 Å². The summed E-state index contributed by atoms with van der Waals surface area (Å²) in [5.41, 5.74) is 5.64. The minimum Gasteiger partial charge on any atom is -0.133 e. The van der Waals surface area contributed by atoms with E-state index in [1.165, 1.54) is 33.0 Å². The molecule has 16 heavy (non-hydrogen) atoms. The standard InChI is InChI=1S/C14H18P2/c1-9-3-4-12-13(5-9)11(7-15)6-10(2)14(12)8-16/h3-6H,7-8,15-16H2,1-2H3. The molecule has 0 amide bonds. The van der Waals surface area contributed by atoms with Gasteiger partial charge in [-0.15, -0.1) is 18.5 Å². The third-order valence-electron chi connectivity index (χ3n) is 3.14. The predicted molar refractivity (Wildman–Crippen MR) is 80.3 cm³/mol. The van der Waals surface area contributed by atoms with E-state index in [4.69, 9.17) is 0 Å². The fraction of sp³-hybridized carbons (Fsp3) is 0.286. The highest BCUT2D eigenvalue weighted by Crippen LogP contribution is 2.29. The van der Waals surface area contributed by atoms with Gasteiger partial charge < -0.3 is 0 Å². The molecule has 0 aliphatic carbocycles. The van der Waals surface area contributed by atoms with E-state index in [9.17, 15) is 0 Å². The van der Waals surface area contributed by atoms with Gasteiger partial charge in [0.05, 0.1) is 0 Å². The fourth-order valence-corrected chi connectivity index (χ4v) is 3.15. The van der Waals surface area contributed by atoms with Crippen LogP contribution in [0.4, 0.5) is 0 Å². The predicted octanol–water partition coefficient (Wildman–Crippen LogP) is 4.21.